The quantitative estimate of drug-likeness (QED) is 0.527. The molecule has 0 bridgehead atoms. The van der Waals surface area contributed by atoms with Gasteiger partial charge in [-0.1, -0.05) is 23.7 Å². The van der Waals surface area contributed by atoms with Crippen molar-refractivity contribution in [1.82, 2.24) is 5.16 Å². The van der Waals surface area contributed by atoms with E-state index in [4.69, 9.17) is 18.7 Å². The van der Waals surface area contributed by atoms with Crippen LogP contribution < -0.4 is 18.9 Å². The third-order valence-corrected chi connectivity index (χ3v) is 7.19. The zero-order chi connectivity index (χ0) is 20.7. The van der Waals surface area contributed by atoms with E-state index in [1.807, 2.05) is 24.3 Å². The number of anilines is 1. The van der Waals surface area contributed by atoms with Crippen molar-refractivity contribution < 1.29 is 18.7 Å². The van der Waals surface area contributed by atoms with E-state index >= 15 is 0 Å². The molecule has 2 aliphatic carbocycles. The first-order valence-corrected chi connectivity index (χ1v) is 10.8. The van der Waals surface area contributed by atoms with Crippen molar-refractivity contribution in [3.8, 4) is 28.6 Å². The van der Waals surface area contributed by atoms with Crippen LogP contribution in [0.15, 0.2) is 45.8 Å². The molecular formula is C23H24N2O4S. The van der Waals surface area contributed by atoms with Crippen molar-refractivity contribution in [2.75, 3.05) is 26.1 Å². The fourth-order valence-electron chi connectivity index (χ4n) is 4.57. The highest BCUT2D eigenvalue weighted by Crippen LogP contribution is 2.55. The highest BCUT2D eigenvalue weighted by atomic mass is 32.2. The SMILES string of the molecule is COc1ccc2c(c1)-c1onc(NSc3c(OC)cccc3OC)c1CC21CCC1. The monoisotopic (exact) mass is 424 g/mol. The summed E-state index contributed by atoms with van der Waals surface area (Å²) in [5.41, 5.74) is 3.74. The van der Waals surface area contributed by atoms with Gasteiger partial charge in [0.25, 0.3) is 0 Å². The van der Waals surface area contributed by atoms with Crippen molar-refractivity contribution in [3.05, 3.63) is 47.5 Å². The Morgan fingerprint density at radius 2 is 1.80 bits per heavy atom. The fraction of sp³-hybridized carbons (Fsp3) is 0.348. The van der Waals surface area contributed by atoms with Crippen LogP contribution in [0.2, 0.25) is 0 Å². The Morgan fingerprint density at radius 3 is 2.43 bits per heavy atom. The topological polar surface area (TPSA) is 65.8 Å². The first-order valence-electron chi connectivity index (χ1n) is 10.0. The molecule has 1 aromatic heterocycles. The Kier molecular flexibility index (Phi) is 4.77. The lowest BCUT2D eigenvalue weighted by Gasteiger charge is -2.45. The van der Waals surface area contributed by atoms with E-state index in [9.17, 15) is 0 Å². The van der Waals surface area contributed by atoms with Gasteiger partial charge in [-0.25, -0.2) is 0 Å². The number of hydrogen-bond donors (Lipinski definition) is 1. The Morgan fingerprint density at radius 1 is 1.03 bits per heavy atom. The standard InChI is InChI=1S/C23H24N2O4S/c1-26-14-8-9-17-15(12-14)20-16(13-23(17)10-5-11-23)22(24-29-20)25-30-21-18(27-2)6-4-7-19(21)28-3/h4,6-9,12H,5,10-11,13H2,1-3H3,(H,24,25). The molecule has 1 heterocycles. The minimum Gasteiger partial charge on any atom is -0.497 e. The number of benzene rings is 2. The van der Waals surface area contributed by atoms with Crippen molar-refractivity contribution in [2.45, 2.75) is 36.0 Å². The summed E-state index contributed by atoms with van der Waals surface area (Å²) >= 11 is 1.42. The number of nitrogens with one attached hydrogen (secondary N) is 1. The maximum Gasteiger partial charge on any atom is 0.183 e. The number of ether oxygens (including phenoxy) is 3. The van der Waals surface area contributed by atoms with Gasteiger partial charge in [-0.05, 0) is 61.0 Å². The number of aromatic nitrogens is 1. The molecule has 0 aliphatic heterocycles. The van der Waals surface area contributed by atoms with Crippen LogP contribution in [0.4, 0.5) is 5.82 Å². The van der Waals surface area contributed by atoms with E-state index < -0.39 is 0 Å². The van der Waals surface area contributed by atoms with Crippen molar-refractivity contribution in [2.24, 2.45) is 0 Å². The first kappa shape index (κ1) is 19.2. The van der Waals surface area contributed by atoms with E-state index in [2.05, 4.69) is 22.0 Å². The lowest BCUT2D eigenvalue weighted by Crippen LogP contribution is -2.39. The average molecular weight is 425 g/mol. The van der Waals surface area contributed by atoms with Gasteiger partial charge >= 0.3 is 0 Å². The average Bonchev–Trinajstić information content (AvgIpc) is 3.17. The van der Waals surface area contributed by atoms with Gasteiger partial charge in [-0.2, -0.15) is 0 Å². The Labute approximate surface area is 180 Å². The third kappa shape index (κ3) is 2.91. The normalized spacial score (nSPS) is 15.7. The van der Waals surface area contributed by atoms with E-state index in [-0.39, 0.29) is 5.41 Å². The first-order chi connectivity index (χ1) is 14.7. The van der Waals surface area contributed by atoms with Crippen molar-refractivity contribution >= 4 is 17.8 Å². The van der Waals surface area contributed by atoms with Crippen molar-refractivity contribution in [1.29, 1.82) is 0 Å². The minimum atomic E-state index is 0.170. The molecule has 2 aliphatic rings. The highest BCUT2D eigenvalue weighted by Gasteiger charge is 2.46. The van der Waals surface area contributed by atoms with Gasteiger partial charge in [0.05, 0.1) is 21.3 Å². The molecular weight excluding hydrogens is 400 g/mol. The summed E-state index contributed by atoms with van der Waals surface area (Å²) in [6.45, 7) is 0. The Bertz CT molecular complexity index is 1070. The van der Waals surface area contributed by atoms with Crippen molar-refractivity contribution in [3.63, 3.8) is 0 Å². The molecule has 7 heteroatoms. The van der Waals surface area contributed by atoms with Gasteiger partial charge in [0.2, 0.25) is 0 Å². The zero-order valence-corrected chi connectivity index (χ0v) is 18.1. The van der Waals surface area contributed by atoms with Crippen LogP contribution in [0.25, 0.3) is 11.3 Å². The second-order valence-electron chi connectivity index (χ2n) is 7.76. The number of methoxy groups -OCH3 is 3. The van der Waals surface area contributed by atoms with Crippen LogP contribution in [0.1, 0.15) is 30.4 Å². The van der Waals surface area contributed by atoms with Crippen LogP contribution in [-0.2, 0) is 11.8 Å². The second-order valence-corrected chi connectivity index (χ2v) is 8.57. The number of rotatable bonds is 6. The van der Waals surface area contributed by atoms with Crippen LogP contribution in [0.3, 0.4) is 0 Å². The van der Waals surface area contributed by atoms with Gasteiger partial charge in [0.1, 0.15) is 22.1 Å². The molecule has 5 rings (SSSR count). The number of nitrogens with zero attached hydrogens (tertiary/aromatic N) is 1. The predicted octanol–water partition coefficient (Wildman–Crippen LogP) is 5.46. The summed E-state index contributed by atoms with van der Waals surface area (Å²) in [6, 6.07) is 12.0. The summed E-state index contributed by atoms with van der Waals surface area (Å²) in [6.07, 6.45) is 4.55. The van der Waals surface area contributed by atoms with Gasteiger partial charge in [-0.3, -0.25) is 0 Å². The van der Waals surface area contributed by atoms with Gasteiger partial charge in [-0.15, -0.1) is 0 Å². The third-order valence-electron chi connectivity index (χ3n) is 6.29. The molecule has 6 nitrogen and oxygen atoms in total. The molecule has 0 atom stereocenters. The molecule has 3 aromatic rings. The largest absolute Gasteiger partial charge is 0.497 e. The molecule has 1 N–H and O–H groups in total. The zero-order valence-electron chi connectivity index (χ0n) is 17.3. The molecule has 0 unspecified atom stereocenters. The maximum atomic E-state index is 5.83. The van der Waals surface area contributed by atoms with E-state index in [1.165, 1.54) is 36.8 Å². The molecule has 1 fully saturated rings. The van der Waals surface area contributed by atoms with Gasteiger partial charge in [0, 0.05) is 16.5 Å². The summed E-state index contributed by atoms with van der Waals surface area (Å²) in [5, 5.41) is 4.37. The smallest absolute Gasteiger partial charge is 0.183 e. The van der Waals surface area contributed by atoms with Crippen LogP contribution >= 0.6 is 11.9 Å². The molecule has 1 saturated carbocycles. The van der Waals surface area contributed by atoms with Gasteiger partial charge < -0.3 is 23.5 Å². The summed E-state index contributed by atoms with van der Waals surface area (Å²) in [7, 11) is 5.00. The Balaban J connectivity index is 1.51. The summed E-state index contributed by atoms with van der Waals surface area (Å²) in [4.78, 5) is 0.871. The van der Waals surface area contributed by atoms with Crippen LogP contribution in [0, 0.1) is 0 Å². The van der Waals surface area contributed by atoms with Crippen LogP contribution in [0.5, 0.6) is 17.2 Å². The van der Waals surface area contributed by atoms with E-state index in [0.717, 1.165) is 51.3 Å². The molecule has 0 amide bonds. The lowest BCUT2D eigenvalue weighted by atomic mass is 9.58. The maximum absolute atomic E-state index is 5.83. The van der Waals surface area contributed by atoms with E-state index in [1.54, 1.807) is 21.3 Å². The molecule has 2 aromatic carbocycles. The summed E-state index contributed by atoms with van der Waals surface area (Å²) < 4.78 is 25.7. The Hall–Kier alpha value is -2.80. The number of fused-ring (bicyclic) bond motifs is 4. The molecule has 156 valence electrons. The minimum absolute atomic E-state index is 0.170. The molecule has 0 radical (unpaired) electrons. The molecule has 0 saturated heterocycles. The highest BCUT2D eigenvalue weighted by molar-refractivity contribution is 8.00. The fourth-order valence-corrected chi connectivity index (χ4v) is 5.43. The predicted molar refractivity (Wildman–Crippen MR) is 117 cm³/mol. The lowest BCUT2D eigenvalue weighted by molar-refractivity contribution is 0.238. The molecule has 1 spiro atoms. The van der Waals surface area contributed by atoms with Gasteiger partial charge in [0.15, 0.2) is 11.6 Å². The summed E-state index contributed by atoms with van der Waals surface area (Å²) in [5.74, 6) is 3.90. The molecule has 30 heavy (non-hydrogen) atoms. The van der Waals surface area contributed by atoms with Crippen LogP contribution in [-0.4, -0.2) is 26.5 Å². The van der Waals surface area contributed by atoms with E-state index in [0.29, 0.717) is 0 Å². The number of hydrogen-bond acceptors (Lipinski definition) is 7. The second kappa shape index (κ2) is 7.47.